The maximum absolute atomic E-state index is 13.3. The van der Waals surface area contributed by atoms with Gasteiger partial charge < -0.3 is 4.98 Å². The van der Waals surface area contributed by atoms with Crippen molar-refractivity contribution in [3.8, 4) is 0 Å². The van der Waals surface area contributed by atoms with Crippen LogP contribution in [0.25, 0.3) is 21.1 Å². The van der Waals surface area contributed by atoms with E-state index < -0.39 is 0 Å². The standard InChI is InChI=1S/C22H22N4O2S2/c1-3-26-21(28)17-14-9-5-7-11-16(14)30-20(17)25-22(26)29-12(2)18-23-15-10-6-4-8-13(15)19(27)24-18/h4,6,8,10,12H,3,5,7,9,11H2,1-2H3,(H,23,24,27). The summed E-state index contributed by atoms with van der Waals surface area (Å²) in [6.45, 7) is 4.51. The monoisotopic (exact) mass is 438 g/mol. The molecule has 6 nitrogen and oxygen atoms in total. The van der Waals surface area contributed by atoms with Gasteiger partial charge in [-0.15, -0.1) is 11.3 Å². The van der Waals surface area contributed by atoms with Gasteiger partial charge in [-0.05, 0) is 57.2 Å². The molecule has 1 N–H and O–H groups in total. The van der Waals surface area contributed by atoms with E-state index >= 15 is 0 Å². The maximum Gasteiger partial charge on any atom is 0.263 e. The second kappa shape index (κ2) is 7.67. The summed E-state index contributed by atoms with van der Waals surface area (Å²) in [6, 6.07) is 7.31. The lowest BCUT2D eigenvalue weighted by Gasteiger charge is -2.15. The molecule has 1 aromatic carbocycles. The number of rotatable bonds is 4. The fraction of sp³-hybridized carbons (Fsp3) is 0.364. The quantitative estimate of drug-likeness (QED) is 0.376. The molecule has 0 radical (unpaired) electrons. The van der Waals surface area contributed by atoms with Crippen molar-refractivity contribution in [2.75, 3.05) is 0 Å². The molecule has 4 aromatic rings. The fourth-order valence-electron chi connectivity index (χ4n) is 4.10. The van der Waals surface area contributed by atoms with Gasteiger partial charge in [-0.3, -0.25) is 14.2 Å². The van der Waals surface area contributed by atoms with Crippen molar-refractivity contribution < 1.29 is 0 Å². The number of para-hydroxylation sites is 1. The molecule has 8 heteroatoms. The predicted molar refractivity (Wildman–Crippen MR) is 123 cm³/mol. The van der Waals surface area contributed by atoms with E-state index in [2.05, 4.69) is 9.97 Å². The lowest BCUT2D eigenvalue weighted by molar-refractivity contribution is 0.632. The summed E-state index contributed by atoms with van der Waals surface area (Å²) in [5, 5.41) is 1.91. The number of thiophene rings is 1. The molecule has 1 aliphatic carbocycles. The number of nitrogens with zero attached hydrogens (tertiary/aromatic N) is 3. The molecule has 5 rings (SSSR count). The van der Waals surface area contributed by atoms with Gasteiger partial charge in [-0.1, -0.05) is 23.9 Å². The Morgan fingerprint density at radius 2 is 2.00 bits per heavy atom. The van der Waals surface area contributed by atoms with E-state index in [1.165, 1.54) is 28.6 Å². The molecule has 0 amide bonds. The molecule has 0 saturated heterocycles. The molecule has 0 fully saturated rings. The Morgan fingerprint density at radius 1 is 1.20 bits per heavy atom. The second-order valence-electron chi connectivity index (χ2n) is 7.56. The van der Waals surface area contributed by atoms with E-state index in [-0.39, 0.29) is 16.4 Å². The molecule has 1 atom stereocenters. The zero-order valence-corrected chi connectivity index (χ0v) is 18.5. The van der Waals surface area contributed by atoms with Crippen LogP contribution >= 0.6 is 23.1 Å². The number of nitrogens with one attached hydrogen (secondary N) is 1. The second-order valence-corrected chi connectivity index (χ2v) is 9.95. The summed E-state index contributed by atoms with van der Waals surface area (Å²) in [7, 11) is 0. The van der Waals surface area contributed by atoms with Crippen LogP contribution in [0, 0.1) is 0 Å². The molecule has 1 unspecified atom stereocenters. The largest absolute Gasteiger partial charge is 0.309 e. The lowest BCUT2D eigenvalue weighted by atomic mass is 9.97. The third kappa shape index (κ3) is 3.18. The first-order chi connectivity index (χ1) is 14.6. The van der Waals surface area contributed by atoms with Crippen LogP contribution < -0.4 is 11.1 Å². The zero-order valence-electron chi connectivity index (χ0n) is 16.9. The van der Waals surface area contributed by atoms with Gasteiger partial charge in [0.2, 0.25) is 0 Å². The fourth-order valence-corrected chi connectivity index (χ4v) is 6.43. The van der Waals surface area contributed by atoms with Gasteiger partial charge in [-0.25, -0.2) is 9.97 Å². The summed E-state index contributed by atoms with van der Waals surface area (Å²) >= 11 is 3.13. The lowest BCUT2D eigenvalue weighted by Crippen LogP contribution is -2.23. The Balaban J connectivity index is 1.58. The van der Waals surface area contributed by atoms with E-state index in [4.69, 9.17) is 4.98 Å². The van der Waals surface area contributed by atoms with Gasteiger partial charge in [-0.2, -0.15) is 0 Å². The van der Waals surface area contributed by atoms with Crippen molar-refractivity contribution in [2.45, 2.75) is 56.5 Å². The van der Waals surface area contributed by atoms with Crippen LogP contribution in [0.5, 0.6) is 0 Å². The number of thioether (sulfide) groups is 1. The number of hydrogen-bond donors (Lipinski definition) is 1. The van der Waals surface area contributed by atoms with Crippen molar-refractivity contribution in [3.63, 3.8) is 0 Å². The Kier molecular flexibility index (Phi) is 4.99. The van der Waals surface area contributed by atoms with Gasteiger partial charge >= 0.3 is 0 Å². The van der Waals surface area contributed by atoms with Crippen molar-refractivity contribution in [3.05, 3.63) is 61.2 Å². The molecule has 0 bridgehead atoms. The molecule has 30 heavy (non-hydrogen) atoms. The highest BCUT2D eigenvalue weighted by atomic mass is 32.2. The number of aryl methyl sites for hydroxylation is 2. The Morgan fingerprint density at radius 3 is 2.83 bits per heavy atom. The van der Waals surface area contributed by atoms with Gasteiger partial charge in [0.05, 0.1) is 21.5 Å². The average molecular weight is 439 g/mol. The summed E-state index contributed by atoms with van der Waals surface area (Å²) in [6.07, 6.45) is 4.34. The first-order valence-corrected chi connectivity index (χ1v) is 12.0. The minimum Gasteiger partial charge on any atom is -0.309 e. The van der Waals surface area contributed by atoms with Crippen molar-refractivity contribution in [1.82, 2.24) is 19.5 Å². The van der Waals surface area contributed by atoms with Crippen LogP contribution in [0.15, 0.2) is 39.0 Å². The summed E-state index contributed by atoms with van der Waals surface area (Å²) in [4.78, 5) is 40.3. The molecular formula is C22H22N4O2S2. The van der Waals surface area contributed by atoms with Crippen molar-refractivity contribution >= 4 is 44.2 Å². The number of benzene rings is 1. The van der Waals surface area contributed by atoms with Gasteiger partial charge in [0, 0.05) is 11.4 Å². The number of aromatic amines is 1. The number of H-pyrrole nitrogens is 1. The van der Waals surface area contributed by atoms with Crippen LogP contribution in [0.2, 0.25) is 0 Å². The molecule has 0 saturated carbocycles. The molecule has 0 spiro atoms. The number of hydrogen-bond acceptors (Lipinski definition) is 6. The van der Waals surface area contributed by atoms with Gasteiger partial charge in [0.1, 0.15) is 10.7 Å². The predicted octanol–water partition coefficient (Wildman–Crippen LogP) is 4.45. The van der Waals surface area contributed by atoms with Gasteiger partial charge in [0.25, 0.3) is 11.1 Å². The van der Waals surface area contributed by atoms with Gasteiger partial charge in [0.15, 0.2) is 5.16 Å². The Labute approximate surface area is 181 Å². The van der Waals surface area contributed by atoms with Crippen LogP contribution in [0.1, 0.15) is 48.2 Å². The SMILES string of the molecule is CCn1c(SC(C)c2nc3ccccc3c(=O)[nH]2)nc2sc3c(c2c1=O)CCCC3. The minimum atomic E-state index is -0.154. The van der Waals surface area contributed by atoms with Crippen LogP contribution in [0.4, 0.5) is 0 Å². The van der Waals surface area contributed by atoms with Crippen LogP contribution in [-0.4, -0.2) is 19.5 Å². The molecule has 0 aliphatic heterocycles. The highest BCUT2D eigenvalue weighted by Crippen LogP contribution is 2.37. The molecule has 3 aromatic heterocycles. The first kappa shape index (κ1) is 19.5. The highest BCUT2D eigenvalue weighted by Gasteiger charge is 2.23. The maximum atomic E-state index is 13.3. The summed E-state index contributed by atoms with van der Waals surface area (Å²) in [5.41, 5.74) is 1.79. The van der Waals surface area contributed by atoms with Crippen molar-refractivity contribution in [1.29, 1.82) is 0 Å². The Bertz CT molecular complexity index is 1390. The van der Waals surface area contributed by atoms with E-state index in [0.29, 0.717) is 28.4 Å². The topological polar surface area (TPSA) is 80.6 Å². The smallest absolute Gasteiger partial charge is 0.263 e. The minimum absolute atomic E-state index is 0.0524. The van der Waals surface area contributed by atoms with Crippen LogP contribution in [0.3, 0.4) is 0 Å². The van der Waals surface area contributed by atoms with Crippen molar-refractivity contribution in [2.24, 2.45) is 0 Å². The molecule has 1 aliphatic rings. The highest BCUT2D eigenvalue weighted by molar-refractivity contribution is 7.99. The van der Waals surface area contributed by atoms with E-state index in [1.54, 1.807) is 22.0 Å². The molecule has 154 valence electrons. The summed E-state index contributed by atoms with van der Waals surface area (Å²) < 4.78 is 1.75. The Hall–Kier alpha value is -2.45. The molecular weight excluding hydrogens is 416 g/mol. The normalized spacial score (nSPS) is 14.9. The zero-order chi connectivity index (χ0) is 20.8. The molecule has 3 heterocycles. The summed E-state index contributed by atoms with van der Waals surface area (Å²) in [5.74, 6) is 0.589. The van der Waals surface area contributed by atoms with E-state index in [9.17, 15) is 9.59 Å². The first-order valence-electron chi connectivity index (χ1n) is 10.3. The number of fused-ring (bicyclic) bond motifs is 4. The third-order valence-electron chi connectivity index (χ3n) is 5.65. The van der Waals surface area contributed by atoms with E-state index in [1.807, 2.05) is 32.0 Å². The number of aromatic nitrogens is 4. The third-order valence-corrected chi connectivity index (χ3v) is 7.94. The van der Waals surface area contributed by atoms with E-state index in [0.717, 1.165) is 29.5 Å². The van der Waals surface area contributed by atoms with Crippen LogP contribution in [-0.2, 0) is 19.4 Å². The average Bonchev–Trinajstić information content (AvgIpc) is 3.12.